The molecule has 0 bridgehead atoms. The summed E-state index contributed by atoms with van der Waals surface area (Å²) in [7, 11) is 0. The number of aromatic nitrogens is 3. The molecule has 124 valence electrons. The van der Waals surface area contributed by atoms with Crippen molar-refractivity contribution in [3.05, 3.63) is 11.6 Å². The van der Waals surface area contributed by atoms with Gasteiger partial charge in [0.05, 0.1) is 12.7 Å². The van der Waals surface area contributed by atoms with Crippen molar-refractivity contribution in [1.82, 2.24) is 20.1 Å². The van der Waals surface area contributed by atoms with Gasteiger partial charge in [-0.3, -0.25) is 0 Å². The Morgan fingerprint density at radius 3 is 2.95 bits per heavy atom. The van der Waals surface area contributed by atoms with E-state index < -0.39 is 0 Å². The maximum Gasteiger partial charge on any atom is 0.133 e. The summed E-state index contributed by atoms with van der Waals surface area (Å²) in [6, 6.07) is 0. The summed E-state index contributed by atoms with van der Waals surface area (Å²) in [5, 5.41) is 12.0. The van der Waals surface area contributed by atoms with E-state index in [1.54, 1.807) is 0 Å². The summed E-state index contributed by atoms with van der Waals surface area (Å²) < 4.78 is 8.33. The van der Waals surface area contributed by atoms with Crippen LogP contribution in [0.15, 0.2) is 0 Å². The fourth-order valence-corrected chi connectivity index (χ4v) is 3.82. The van der Waals surface area contributed by atoms with Gasteiger partial charge in [0.1, 0.15) is 11.6 Å². The molecule has 3 atom stereocenters. The minimum atomic E-state index is 0.493. The number of ether oxygens (including phenoxy) is 1. The van der Waals surface area contributed by atoms with E-state index in [1.165, 1.54) is 32.1 Å². The van der Waals surface area contributed by atoms with Crippen molar-refractivity contribution in [3.8, 4) is 0 Å². The van der Waals surface area contributed by atoms with Crippen LogP contribution < -0.4 is 5.32 Å². The molecule has 1 aliphatic heterocycles. The van der Waals surface area contributed by atoms with Crippen LogP contribution in [0, 0.1) is 18.8 Å². The van der Waals surface area contributed by atoms with E-state index in [-0.39, 0.29) is 0 Å². The van der Waals surface area contributed by atoms with Crippen LogP contribution in [0.2, 0.25) is 0 Å². The van der Waals surface area contributed by atoms with Gasteiger partial charge in [-0.05, 0) is 44.6 Å². The summed E-state index contributed by atoms with van der Waals surface area (Å²) in [6.45, 7) is 8.32. The number of rotatable bonds is 6. The molecule has 0 radical (unpaired) electrons. The van der Waals surface area contributed by atoms with Gasteiger partial charge in [-0.1, -0.05) is 19.8 Å². The van der Waals surface area contributed by atoms with Crippen LogP contribution in [0.3, 0.4) is 0 Å². The lowest BCUT2D eigenvalue weighted by atomic mass is 9.88. The van der Waals surface area contributed by atoms with E-state index in [2.05, 4.69) is 27.0 Å². The highest BCUT2D eigenvalue weighted by Crippen LogP contribution is 2.26. The van der Waals surface area contributed by atoms with Gasteiger partial charge in [-0.15, -0.1) is 10.2 Å². The maximum absolute atomic E-state index is 6.06. The molecule has 22 heavy (non-hydrogen) atoms. The Bertz CT molecular complexity index is 473. The molecule has 0 amide bonds. The highest BCUT2D eigenvalue weighted by Gasteiger charge is 2.22. The summed E-state index contributed by atoms with van der Waals surface area (Å²) in [5.74, 6) is 3.63. The highest BCUT2D eigenvalue weighted by molar-refractivity contribution is 4.98. The number of hydrogen-bond acceptors (Lipinski definition) is 4. The third-order valence-corrected chi connectivity index (χ3v) is 5.31. The number of nitrogens with one attached hydrogen (secondary N) is 1. The Labute approximate surface area is 133 Å². The van der Waals surface area contributed by atoms with Crippen molar-refractivity contribution < 1.29 is 4.74 Å². The van der Waals surface area contributed by atoms with E-state index in [0.29, 0.717) is 12.0 Å². The first kappa shape index (κ1) is 15.9. The summed E-state index contributed by atoms with van der Waals surface area (Å²) >= 11 is 0. The first-order valence-electron chi connectivity index (χ1n) is 8.95. The topological polar surface area (TPSA) is 52.0 Å². The van der Waals surface area contributed by atoms with Gasteiger partial charge in [0.15, 0.2) is 0 Å². The van der Waals surface area contributed by atoms with E-state index in [1.807, 2.05) is 6.92 Å². The van der Waals surface area contributed by atoms with Crippen LogP contribution in [0.25, 0.3) is 0 Å². The lowest BCUT2D eigenvalue weighted by Gasteiger charge is -2.29. The monoisotopic (exact) mass is 306 g/mol. The number of fused-ring (bicyclic) bond motifs is 1. The van der Waals surface area contributed by atoms with Crippen molar-refractivity contribution in [2.24, 2.45) is 11.8 Å². The van der Waals surface area contributed by atoms with Crippen LogP contribution in [-0.2, 0) is 17.7 Å². The normalized spacial score (nSPS) is 28.5. The molecule has 0 saturated heterocycles. The van der Waals surface area contributed by atoms with Crippen LogP contribution >= 0.6 is 0 Å². The molecule has 3 rings (SSSR count). The molecule has 1 fully saturated rings. The van der Waals surface area contributed by atoms with Crippen molar-refractivity contribution in [3.63, 3.8) is 0 Å². The van der Waals surface area contributed by atoms with Crippen molar-refractivity contribution in [2.75, 3.05) is 19.7 Å². The van der Waals surface area contributed by atoms with Crippen molar-refractivity contribution in [1.29, 1.82) is 0 Å². The average molecular weight is 306 g/mol. The standard InChI is InChI=1S/C17H30N4O/c1-13-5-3-4-6-16(13)22-10-9-18-11-15-7-8-17-20-19-14(2)21(17)12-15/h13,15-16,18H,3-12H2,1-2H3/t13-,15-,16-/m0/s1. The van der Waals surface area contributed by atoms with Gasteiger partial charge in [-0.25, -0.2) is 0 Å². The first-order chi connectivity index (χ1) is 10.7. The van der Waals surface area contributed by atoms with Crippen molar-refractivity contribution >= 4 is 0 Å². The Kier molecular flexibility index (Phi) is 5.47. The zero-order valence-electron chi connectivity index (χ0n) is 14.1. The molecule has 0 spiro atoms. The minimum Gasteiger partial charge on any atom is -0.377 e. The molecular weight excluding hydrogens is 276 g/mol. The van der Waals surface area contributed by atoms with E-state index in [4.69, 9.17) is 4.74 Å². The Hall–Kier alpha value is -0.940. The Balaban J connectivity index is 1.32. The molecule has 2 aliphatic rings. The van der Waals surface area contributed by atoms with Gasteiger partial charge in [-0.2, -0.15) is 0 Å². The molecule has 1 N–H and O–H groups in total. The molecular formula is C17H30N4O. The molecule has 1 saturated carbocycles. The van der Waals surface area contributed by atoms with Crippen molar-refractivity contribution in [2.45, 2.75) is 65.0 Å². The van der Waals surface area contributed by atoms with Crippen LogP contribution in [-0.4, -0.2) is 40.6 Å². The number of hydrogen-bond donors (Lipinski definition) is 1. The zero-order chi connectivity index (χ0) is 15.4. The highest BCUT2D eigenvalue weighted by atomic mass is 16.5. The molecule has 2 heterocycles. The van der Waals surface area contributed by atoms with E-state index in [0.717, 1.165) is 50.2 Å². The molecule has 1 aliphatic carbocycles. The third kappa shape index (κ3) is 3.87. The fourth-order valence-electron chi connectivity index (χ4n) is 3.82. The second-order valence-electron chi connectivity index (χ2n) is 7.05. The smallest absolute Gasteiger partial charge is 0.133 e. The Morgan fingerprint density at radius 1 is 1.23 bits per heavy atom. The minimum absolute atomic E-state index is 0.493. The van der Waals surface area contributed by atoms with E-state index in [9.17, 15) is 0 Å². The number of nitrogens with zero attached hydrogens (tertiary/aromatic N) is 3. The third-order valence-electron chi connectivity index (χ3n) is 5.31. The first-order valence-corrected chi connectivity index (χ1v) is 8.95. The second kappa shape index (κ2) is 7.55. The largest absolute Gasteiger partial charge is 0.377 e. The van der Waals surface area contributed by atoms with Gasteiger partial charge < -0.3 is 14.6 Å². The van der Waals surface area contributed by atoms with Crippen LogP contribution in [0.1, 0.15) is 50.7 Å². The predicted octanol–water partition coefficient (Wildman–Crippen LogP) is 2.33. The molecule has 5 heteroatoms. The summed E-state index contributed by atoms with van der Waals surface area (Å²) in [6.07, 6.45) is 8.07. The molecule has 0 unspecified atom stereocenters. The SMILES string of the molecule is Cc1nnc2n1C[C@H](CNCCO[C@H]1CCCC[C@@H]1C)CC2. The second-order valence-corrected chi connectivity index (χ2v) is 7.05. The van der Waals surface area contributed by atoms with E-state index >= 15 is 0 Å². The van der Waals surface area contributed by atoms with Gasteiger partial charge in [0, 0.05) is 19.5 Å². The summed E-state index contributed by atoms with van der Waals surface area (Å²) in [4.78, 5) is 0. The fraction of sp³-hybridized carbons (Fsp3) is 0.882. The lowest BCUT2D eigenvalue weighted by Crippen LogP contribution is -2.34. The molecule has 1 aromatic rings. The molecule has 5 nitrogen and oxygen atoms in total. The molecule has 0 aromatic carbocycles. The Morgan fingerprint density at radius 2 is 2.09 bits per heavy atom. The van der Waals surface area contributed by atoms with Crippen LogP contribution in [0.4, 0.5) is 0 Å². The maximum atomic E-state index is 6.06. The lowest BCUT2D eigenvalue weighted by molar-refractivity contribution is -0.00341. The van der Waals surface area contributed by atoms with Gasteiger partial charge in [0.25, 0.3) is 0 Å². The average Bonchev–Trinajstić information content (AvgIpc) is 2.90. The quantitative estimate of drug-likeness (QED) is 0.820. The predicted molar refractivity (Wildman–Crippen MR) is 86.8 cm³/mol. The zero-order valence-corrected chi connectivity index (χ0v) is 14.1. The van der Waals surface area contributed by atoms with Gasteiger partial charge >= 0.3 is 0 Å². The molecule has 1 aromatic heterocycles. The van der Waals surface area contributed by atoms with Gasteiger partial charge in [0.2, 0.25) is 0 Å². The van der Waals surface area contributed by atoms with Crippen LogP contribution in [0.5, 0.6) is 0 Å². The summed E-state index contributed by atoms with van der Waals surface area (Å²) in [5.41, 5.74) is 0. The number of aryl methyl sites for hydroxylation is 2.